The van der Waals surface area contributed by atoms with Crippen LogP contribution in [0.2, 0.25) is 4.34 Å². The molecule has 0 aliphatic heterocycles. The van der Waals surface area contributed by atoms with Crippen molar-refractivity contribution in [1.82, 2.24) is 5.32 Å². The fourth-order valence-corrected chi connectivity index (χ4v) is 3.07. The van der Waals surface area contributed by atoms with E-state index in [0.29, 0.717) is 0 Å². The predicted molar refractivity (Wildman–Crippen MR) is 85.5 cm³/mol. The second-order valence-corrected chi connectivity index (χ2v) is 8.20. The van der Waals surface area contributed by atoms with Crippen LogP contribution in [-0.2, 0) is 0 Å². The van der Waals surface area contributed by atoms with E-state index in [1.165, 1.54) is 4.88 Å². The van der Waals surface area contributed by atoms with Gasteiger partial charge >= 0.3 is 0 Å². The molecule has 0 aromatic carbocycles. The Morgan fingerprint density at radius 2 is 2.21 bits per heavy atom. The molecular formula is C14H18ClNOS2. The maximum Gasteiger partial charge on any atom is 0.126 e. The molecule has 0 bridgehead atoms. The van der Waals surface area contributed by atoms with E-state index in [0.717, 1.165) is 16.6 Å². The maximum absolute atomic E-state index is 6.04. The van der Waals surface area contributed by atoms with Gasteiger partial charge in [0.2, 0.25) is 0 Å². The Morgan fingerprint density at radius 3 is 2.74 bits per heavy atom. The molecule has 1 atom stereocenters. The molecule has 0 fully saturated rings. The quantitative estimate of drug-likeness (QED) is 0.827. The molecule has 0 amide bonds. The summed E-state index contributed by atoms with van der Waals surface area (Å²) in [4.78, 5) is 1.18. The van der Waals surface area contributed by atoms with Gasteiger partial charge in [0, 0.05) is 16.2 Å². The average molecular weight is 316 g/mol. The number of halogens is 1. The van der Waals surface area contributed by atoms with Gasteiger partial charge in [-0.3, -0.25) is 0 Å². The van der Waals surface area contributed by atoms with Crippen LogP contribution in [0.25, 0.3) is 0 Å². The number of nitrogens with one attached hydrogen (secondary N) is 1. The van der Waals surface area contributed by atoms with Gasteiger partial charge < -0.3 is 9.73 Å². The van der Waals surface area contributed by atoms with Gasteiger partial charge in [-0.15, -0.1) is 11.3 Å². The molecule has 0 saturated heterocycles. The van der Waals surface area contributed by atoms with Crippen molar-refractivity contribution in [3.8, 4) is 0 Å². The van der Waals surface area contributed by atoms with Gasteiger partial charge in [0.05, 0.1) is 10.6 Å². The lowest BCUT2D eigenvalue weighted by Gasteiger charge is -2.25. The summed E-state index contributed by atoms with van der Waals surface area (Å²) in [6.45, 7) is 5.35. The van der Waals surface area contributed by atoms with Crippen molar-refractivity contribution in [3.63, 3.8) is 0 Å². The van der Waals surface area contributed by atoms with Crippen LogP contribution in [0.4, 0.5) is 0 Å². The zero-order chi connectivity index (χ0) is 13.9. The zero-order valence-corrected chi connectivity index (χ0v) is 13.7. The third-order valence-electron chi connectivity index (χ3n) is 2.99. The van der Waals surface area contributed by atoms with E-state index < -0.39 is 0 Å². The number of thioether (sulfide) groups is 1. The lowest BCUT2D eigenvalue weighted by molar-refractivity contribution is 0.438. The van der Waals surface area contributed by atoms with Crippen LogP contribution in [0.3, 0.4) is 0 Å². The van der Waals surface area contributed by atoms with Crippen LogP contribution in [0, 0.1) is 0 Å². The summed E-state index contributed by atoms with van der Waals surface area (Å²) in [7, 11) is 0. The monoisotopic (exact) mass is 315 g/mol. The second-order valence-electron chi connectivity index (χ2n) is 4.94. The maximum atomic E-state index is 6.04. The molecule has 2 aromatic rings. The van der Waals surface area contributed by atoms with Gasteiger partial charge in [0.25, 0.3) is 0 Å². The highest BCUT2D eigenvalue weighted by atomic mass is 35.5. The number of furan rings is 1. The Bertz CT molecular complexity index is 507. The highest BCUT2D eigenvalue weighted by Gasteiger charge is 2.23. The minimum Gasteiger partial charge on any atom is -0.467 e. The standard InChI is InChI=1S/C14H18ClNOS2/c1-14(2,18-3)9-16-13(10-5-4-8-17-10)11-6-7-12(15)19-11/h4-8,13,16H,9H2,1-3H3. The van der Waals surface area contributed by atoms with E-state index in [-0.39, 0.29) is 10.8 Å². The Balaban J connectivity index is 2.16. The molecule has 0 aliphatic rings. The van der Waals surface area contributed by atoms with Crippen molar-refractivity contribution < 1.29 is 4.42 Å². The van der Waals surface area contributed by atoms with Crippen LogP contribution in [0.1, 0.15) is 30.5 Å². The van der Waals surface area contributed by atoms with E-state index in [4.69, 9.17) is 16.0 Å². The molecule has 2 rings (SSSR count). The Morgan fingerprint density at radius 1 is 1.42 bits per heavy atom. The summed E-state index contributed by atoms with van der Waals surface area (Å²) in [5, 5.41) is 3.58. The normalized spacial score (nSPS) is 13.7. The molecule has 1 N–H and O–H groups in total. The first-order valence-electron chi connectivity index (χ1n) is 6.09. The van der Waals surface area contributed by atoms with E-state index in [1.807, 2.05) is 30.0 Å². The first-order valence-corrected chi connectivity index (χ1v) is 8.51. The SMILES string of the molecule is CSC(C)(C)CNC(c1ccco1)c1ccc(Cl)s1. The van der Waals surface area contributed by atoms with Crippen LogP contribution in [0.15, 0.2) is 34.9 Å². The van der Waals surface area contributed by atoms with E-state index in [2.05, 4.69) is 31.5 Å². The van der Waals surface area contributed by atoms with Gasteiger partial charge in [-0.05, 0) is 44.4 Å². The molecule has 2 aromatic heterocycles. The molecule has 104 valence electrons. The number of hydrogen-bond acceptors (Lipinski definition) is 4. The minimum absolute atomic E-state index is 0.0684. The summed E-state index contributed by atoms with van der Waals surface area (Å²) in [6.07, 6.45) is 3.84. The fraction of sp³-hybridized carbons (Fsp3) is 0.429. The third-order valence-corrected chi connectivity index (χ3v) is 5.54. The van der Waals surface area contributed by atoms with Gasteiger partial charge in [-0.25, -0.2) is 0 Å². The van der Waals surface area contributed by atoms with Crippen LogP contribution in [-0.4, -0.2) is 17.5 Å². The minimum atomic E-state index is 0.0684. The van der Waals surface area contributed by atoms with Gasteiger partial charge in [-0.2, -0.15) is 11.8 Å². The lowest BCUT2D eigenvalue weighted by Crippen LogP contribution is -2.34. The molecule has 2 nitrogen and oxygen atoms in total. The van der Waals surface area contributed by atoms with E-state index >= 15 is 0 Å². The molecule has 5 heteroatoms. The third kappa shape index (κ3) is 4.02. The summed E-state index contributed by atoms with van der Waals surface area (Å²) in [5.74, 6) is 0.926. The molecule has 0 radical (unpaired) electrons. The molecule has 2 heterocycles. The number of thiophene rings is 1. The zero-order valence-electron chi connectivity index (χ0n) is 11.3. The molecule has 0 saturated carbocycles. The first kappa shape index (κ1) is 15.0. The van der Waals surface area contributed by atoms with E-state index in [9.17, 15) is 0 Å². The summed E-state index contributed by atoms with van der Waals surface area (Å²) in [6, 6.07) is 7.97. The van der Waals surface area contributed by atoms with Crippen molar-refractivity contribution in [1.29, 1.82) is 0 Å². The second kappa shape index (κ2) is 6.35. The smallest absolute Gasteiger partial charge is 0.126 e. The summed E-state index contributed by atoms with van der Waals surface area (Å²) >= 11 is 9.48. The average Bonchev–Trinajstić information content (AvgIpc) is 3.02. The summed E-state index contributed by atoms with van der Waals surface area (Å²) in [5.41, 5.74) is 0. The van der Waals surface area contributed by atoms with Gasteiger partial charge in [0.1, 0.15) is 11.8 Å². The lowest BCUT2D eigenvalue weighted by atomic mass is 10.1. The van der Waals surface area contributed by atoms with Crippen molar-refractivity contribution in [2.45, 2.75) is 24.6 Å². The molecule has 0 aliphatic carbocycles. The molecule has 19 heavy (non-hydrogen) atoms. The topological polar surface area (TPSA) is 25.2 Å². The first-order chi connectivity index (χ1) is 9.02. The summed E-state index contributed by atoms with van der Waals surface area (Å²) < 4.78 is 6.54. The van der Waals surface area contributed by atoms with Crippen LogP contribution < -0.4 is 5.32 Å². The van der Waals surface area contributed by atoms with Crippen molar-refractivity contribution >= 4 is 34.7 Å². The van der Waals surface area contributed by atoms with Crippen LogP contribution in [0.5, 0.6) is 0 Å². The Kier molecular flexibility index (Phi) is 5.01. The highest BCUT2D eigenvalue weighted by Crippen LogP contribution is 2.32. The highest BCUT2D eigenvalue weighted by molar-refractivity contribution is 7.99. The van der Waals surface area contributed by atoms with Crippen LogP contribution >= 0.6 is 34.7 Å². The van der Waals surface area contributed by atoms with Crippen molar-refractivity contribution in [2.75, 3.05) is 12.8 Å². The largest absolute Gasteiger partial charge is 0.467 e. The Hall–Kier alpha value is -0.420. The number of hydrogen-bond donors (Lipinski definition) is 1. The van der Waals surface area contributed by atoms with E-state index in [1.54, 1.807) is 17.6 Å². The molecular weight excluding hydrogens is 298 g/mol. The fourth-order valence-electron chi connectivity index (χ4n) is 1.70. The number of rotatable bonds is 6. The van der Waals surface area contributed by atoms with Gasteiger partial charge in [-0.1, -0.05) is 11.6 Å². The molecule has 1 unspecified atom stereocenters. The van der Waals surface area contributed by atoms with Crippen molar-refractivity contribution in [3.05, 3.63) is 45.5 Å². The van der Waals surface area contributed by atoms with Gasteiger partial charge in [0.15, 0.2) is 0 Å². The predicted octanol–water partition coefficient (Wildman–Crippen LogP) is 4.82. The van der Waals surface area contributed by atoms with Crippen molar-refractivity contribution in [2.24, 2.45) is 0 Å². The Labute approximate surface area is 127 Å². The molecule has 0 spiro atoms.